The van der Waals surface area contributed by atoms with Crippen LogP contribution in [-0.4, -0.2) is 20.3 Å². The van der Waals surface area contributed by atoms with E-state index in [-0.39, 0.29) is 0 Å². The van der Waals surface area contributed by atoms with E-state index < -0.39 is 0 Å². The van der Waals surface area contributed by atoms with Crippen molar-refractivity contribution in [2.75, 3.05) is 14.2 Å². The molecule has 1 aliphatic carbocycles. The van der Waals surface area contributed by atoms with Gasteiger partial charge in [-0.1, -0.05) is 19.9 Å². The third-order valence-electron chi connectivity index (χ3n) is 4.48. The van der Waals surface area contributed by atoms with Crippen LogP contribution in [0.3, 0.4) is 0 Å². The quantitative estimate of drug-likeness (QED) is 0.884. The van der Waals surface area contributed by atoms with E-state index >= 15 is 0 Å². The molecule has 3 atom stereocenters. The van der Waals surface area contributed by atoms with Crippen molar-refractivity contribution in [1.29, 1.82) is 0 Å². The molecule has 0 saturated heterocycles. The number of methoxy groups -OCH3 is 2. The fraction of sp³-hybridized carbons (Fsp3) is 0.625. The summed E-state index contributed by atoms with van der Waals surface area (Å²) in [7, 11) is 3.34. The molecule has 1 aromatic rings. The van der Waals surface area contributed by atoms with Crippen LogP contribution >= 0.6 is 0 Å². The fourth-order valence-electron chi connectivity index (χ4n) is 2.89. The van der Waals surface area contributed by atoms with Gasteiger partial charge in [-0.25, -0.2) is 0 Å². The molecule has 1 aromatic carbocycles. The van der Waals surface area contributed by atoms with Crippen molar-refractivity contribution in [2.24, 2.45) is 11.8 Å². The molecule has 3 nitrogen and oxygen atoms in total. The minimum atomic E-state index is 0.642. The highest BCUT2D eigenvalue weighted by Crippen LogP contribution is 2.32. The predicted octanol–water partition coefficient (Wildman–Crippen LogP) is 3.23. The largest absolute Gasteiger partial charge is 0.493 e. The zero-order valence-corrected chi connectivity index (χ0v) is 12.4. The lowest BCUT2D eigenvalue weighted by molar-refractivity contribution is 0.353. The number of hydrogen-bond acceptors (Lipinski definition) is 3. The normalized spacial score (nSPS) is 26.4. The van der Waals surface area contributed by atoms with Crippen LogP contribution in [0, 0.1) is 11.8 Å². The average Bonchev–Trinajstić information content (AvgIpc) is 2.76. The zero-order chi connectivity index (χ0) is 13.8. The van der Waals surface area contributed by atoms with Gasteiger partial charge in [-0.15, -0.1) is 0 Å². The smallest absolute Gasteiger partial charge is 0.161 e. The first-order chi connectivity index (χ1) is 9.15. The molecule has 3 heteroatoms. The second-order valence-corrected chi connectivity index (χ2v) is 5.59. The van der Waals surface area contributed by atoms with Crippen molar-refractivity contribution in [3.63, 3.8) is 0 Å². The Morgan fingerprint density at radius 3 is 2.42 bits per heavy atom. The summed E-state index contributed by atoms with van der Waals surface area (Å²) in [5.41, 5.74) is 1.24. The summed E-state index contributed by atoms with van der Waals surface area (Å²) in [5, 5.41) is 3.67. The van der Waals surface area contributed by atoms with Gasteiger partial charge in [0, 0.05) is 12.6 Å². The second-order valence-electron chi connectivity index (χ2n) is 5.59. The summed E-state index contributed by atoms with van der Waals surface area (Å²) in [4.78, 5) is 0. The molecule has 2 rings (SSSR count). The van der Waals surface area contributed by atoms with Crippen LogP contribution in [-0.2, 0) is 6.54 Å². The molecule has 106 valence electrons. The van der Waals surface area contributed by atoms with Crippen LogP contribution in [0.15, 0.2) is 18.2 Å². The van der Waals surface area contributed by atoms with Gasteiger partial charge in [0.05, 0.1) is 14.2 Å². The topological polar surface area (TPSA) is 30.5 Å². The second kappa shape index (κ2) is 6.29. The molecule has 1 N–H and O–H groups in total. The first-order valence-corrected chi connectivity index (χ1v) is 7.10. The third-order valence-corrected chi connectivity index (χ3v) is 4.48. The van der Waals surface area contributed by atoms with Gasteiger partial charge in [-0.05, 0) is 42.4 Å². The highest BCUT2D eigenvalue weighted by molar-refractivity contribution is 5.42. The molecule has 0 amide bonds. The van der Waals surface area contributed by atoms with Crippen LogP contribution in [0.2, 0.25) is 0 Å². The third kappa shape index (κ3) is 3.21. The number of nitrogens with one attached hydrogen (secondary N) is 1. The number of benzene rings is 1. The van der Waals surface area contributed by atoms with Gasteiger partial charge in [0.1, 0.15) is 0 Å². The van der Waals surface area contributed by atoms with E-state index in [4.69, 9.17) is 9.47 Å². The monoisotopic (exact) mass is 263 g/mol. The molecule has 1 aliphatic rings. The molecular weight excluding hydrogens is 238 g/mol. The van der Waals surface area contributed by atoms with E-state index in [0.717, 1.165) is 29.9 Å². The van der Waals surface area contributed by atoms with Crippen LogP contribution in [0.1, 0.15) is 32.3 Å². The minimum Gasteiger partial charge on any atom is -0.493 e. The highest BCUT2D eigenvalue weighted by atomic mass is 16.5. The lowest BCUT2D eigenvalue weighted by Gasteiger charge is -2.20. The first kappa shape index (κ1) is 14.2. The molecule has 0 spiro atoms. The summed E-state index contributed by atoms with van der Waals surface area (Å²) in [6, 6.07) is 6.76. The number of hydrogen-bond donors (Lipinski definition) is 1. The lowest BCUT2D eigenvalue weighted by atomic mass is 9.97. The number of rotatable bonds is 5. The zero-order valence-electron chi connectivity index (χ0n) is 12.4. The Balaban J connectivity index is 1.96. The Hall–Kier alpha value is -1.22. The van der Waals surface area contributed by atoms with Crippen molar-refractivity contribution in [3.8, 4) is 11.5 Å². The van der Waals surface area contributed by atoms with Crippen LogP contribution in [0.5, 0.6) is 11.5 Å². The SMILES string of the molecule is COc1ccc(CNC2CCC(C)C2C)cc1OC. The van der Waals surface area contributed by atoms with Gasteiger partial charge in [0.25, 0.3) is 0 Å². The molecule has 1 saturated carbocycles. The minimum absolute atomic E-state index is 0.642. The van der Waals surface area contributed by atoms with E-state index in [0.29, 0.717) is 6.04 Å². The summed E-state index contributed by atoms with van der Waals surface area (Å²) >= 11 is 0. The van der Waals surface area contributed by atoms with Gasteiger partial charge < -0.3 is 14.8 Å². The molecule has 1 fully saturated rings. The maximum Gasteiger partial charge on any atom is 0.161 e. The molecule has 0 radical (unpaired) electrons. The lowest BCUT2D eigenvalue weighted by Crippen LogP contribution is -2.31. The summed E-state index contributed by atoms with van der Waals surface area (Å²) in [6.07, 6.45) is 2.63. The van der Waals surface area contributed by atoms with Crippen molar-refractivity contribution in [3.05, 3.63) is 23.8 Å². The van der Waals surface area contributed by atoms with E-state index in [1.807, 2.05) is 6.07 Å². The molecular formula is C16H25NO2. The average molecular weight is 263 g/mol. The Labute approximate surface area is 116 Å². The molecule has 0 aromatic heterocycles. The van der Waals surface area contributed by atoms with Crippen molar-refractivity contribution in [1.82, 2.24) is 5.32 Å². The Bertz CT molecular complexity index is 419. The predicted molar refractivity (Wildman–Crippen MR) is 77.7 cm³/mol. The fourth-order valence-corrected chi connectivity index (χ4v) is 2.89. The van der Waals surface area contributed by atoms with Gasteiger partial charge >= 0.3 is 0 Å². The molecule has 0 heterocycles. The Kier molecular flexibility index (Phi) is 4.70. The molecule has 3 unspecified atom stereocenters. The maximum atomic E-state index is 5.33. The van der Waals surface area contributed by atoms with E-state index in [2.05, 4.69) is 31.3 Å². The van der Waals surface area contributed by atoms with Crippen LogP contribution in [0.4, 0.5) is 0 Å². The van der Waals surface area contributed by atoms with Crippen LogP contribution < -0.4 is 14.8 Å². The van der Waals surface area contributed by atoms with E-state index in [1.165, 1.54) is 18.4 Å². The van der Waals surface area contributed by atoms with Crippen molar-refractivity contribution < 1.29 is 9.47 Å². The van der Waals surface area contributed by atoms with E-state index in [1.54, 1.807) is 14.2 Å². The van der Waals surface area contributed by atoms with Gasteiger partial charge in [-0.3, -0.25) is 0 Å². The summed E-state index contributed by atoms with van der Waals surface area (Å²) in [6.45, 7) is 5.59. The van der Waals surface area contributed by atoms with Crippen molar-refractivity contribution >= 4 is 0 Å². The van der Waals surface area contributed by atoms with E-state index in [9.17, 15) is 0 Å². The van der Waals surface area contributed by atoms with Gasteiger partial charge in [-0.2, -0.15) is 0 Å². The first-order valence-electron chi connectivity index (χ1n) is 7.10. The summed E-state index contributed by atoms with van der Waals surface area (Å²) < 4.78 is 10.6. The van der Waals surface area contributed by atoms with Crippen LogP contribution in [0.25, 0.3) is 0 Å². The highest BCUT2D eigenvalue weighted by Gasteiger charge is 2.28. The molecule has 19 heavy (non-hydrogen) atoms. The van der Waals surface area contributed by atoms with Gasteiger partial charge in [0.2, 0.25) is 0 Å². The summed E-state index contributed by atoms with van der Waals surface area (Å²) in [5.74, 6) is 3.19. The standard InChI is InChI=1S/C16H25NO2/c1-11-5-7-14(12(11)2)17-10-13-6-8-15(18-3)16(9-13)19-4/h6,8-9,11-12,14,17H,5,7,10H2,1-4H3. The Morgan fingerprint density at radius 2 is 1.84 bits per heavy atom. The van der Waals surface area contributed by atoms with Gasteiger partial charge in [0.15, 0.2) is 11.5 Å². The Morgan fingerprint density at radius 1 is 1.11 bits per heavy atom. The number of ether oxygens (including phenoxy) is 2. The molecule has 0 bridgehead atoms. The van der Waals surface area contributed by atoms with Crippen molar-refractivity contribution in [2.45, 2.75) is 39.3 Å². The maximum absolute atomic E-state index is 5.33. The molecule has 0 aliphatic heterocycles.